The van der Waals surface area contributed by atoms with Gasteiger partial charge in [0.25, 0.3) is 0 Å². The molecule has 0 bridgehead atoms. The molecule has 0 saturated heterocycles. The number of nitrogens with two attached hydrogens (primary N) is 1. The second kappa shape index (κ2) is 5.83. The van der Waals surface area contributed by atoms with Crippen LogP contribution in [0.5, 0.6) is 0 Å². The third-order valence-electron chi connectivity index (χ3n) is 2.67. The molecule has 0 unspecified atom stereocenters. The predicted octanol–water partition coefficient (Wildman–Crippen LogP) is 3.91. The monoisotopic (exact) mass is 421 g/mol. The Morgan fingerprint density at radius 2 is 1.85 bits per heavy atom. The smallest absolute Gasteiger partial charge is 0.183 e. The zero-order valence-corrected chi connectivity index (χ0v) is 14.1. The summed E-state index contributed by atoms with van der Waals surface area (Å²) in [6.07, 6.45) is 0. The van der Waals surface area contributed by atoms with Crippen molar-refractivity contribution in [2.45, 2.75) is 10.6 Å². The second-order valence-electron chi connectivity index (χ2n) is 4.16. The number of hydrogen-bond acceptors (Lipinski definition) is 3. The molecule has 0 aliphatic carbocycles. The van der Waals surface area contributed by atoms with Crippen molar-refractivity contribution in [2.75, 3.05) is 5.73 Å². The first-order valence-corrected chi connectivity index (χ1v) is 8.76. The lowest BCUT2D eigenvalue weighted by atomic mass is 10.2. The standard InChI is InChI=1S/C13H10Br2FNO2S/c14-10-6-9(17)4-5-12(10)20(18,19)7-8-2-1-3-11(16)13(8)15/h1-6H,7,17H2. The molecule has 3 nitrogen and oxygen atoms in total. The van der Waals surface area contributed by atoms with Crippen LogP contribution in [-0.4, -0.2) is 8.42 Å². The maximum atomic E-state index is 13.4. The van der Waals surface area contributed by atoms with Gasteiger partial charge in [-0.2, -0.15) is 0 Å². The number of anilines is 1. The third kappa shape index (κ3) is 3.21. The van der Waals surface area contributed by atoms with E-state index in [0.29, 0.717) is 15.7 Å². The highest BCUT2D eigenvalue weighted by Gasteiger charge is 2.20. The average Bonchev–Trinajstić information content (AvgIpc) is 2.34. The summed E-state index contributed by atoms with van der Waals surface area (Å²) in [6, 6.07) is 8.77. The Bertz CT molecular complexity index is 763. The zero-order chi connectivity index (χ0) is 14.9. The fraction of sp³-hybridized carbons (Fsp3) is 0.0769. The summed E-state index contributed by atoms with van der Waals surface area (Å²) in [5.74, 6) is -0.789. The van der Waals surface area contributed by atoms with Crippen molar-refractivity contribution in [3.8, 4) is 0 Å². The minimum atomic E-state index is -3.60. The summed E-state index contributed by atoms with van der Waals surface area (Å²) < 4.78 is 38.7. The molecule has 0 amide bonds. The summed E-state index contributed by atoms with van der Waals surface area (Å²) in [6.45, 7) is 0. The number of benzene rings is 2. The van der Waals surface area contributed by atoms with Gasteiger partial charge in [-0.3, -0.25) is 0 Å². The molecule has 0 aromatic heterocycles. The molecule has 20 heavy (non-hydrogen) atoms. The van der Waals surface area contributed by atoms with Crippen molar-refractivity contribution in [2.24, 2.45) is 0 Å². The highest BCUT2D eigenvalue weighted by Crippen LogP contribution is 2.29. The molecular weight excluding hydrogens is 413 g/mol. The Morgan fingerprint density at radius 1 is 1.15 bits per heavy atom. The van der Waals surface area contributed by atoms with E-state index in [2.05, 4.69) is 31.9 Å². The van der Waals surface area contributed by atoms with Crippen molar-refractivity contribution in [3.05, 3.63) is 56.7 Å². The molecule has 0 radical (unpaired) electrons. The number of halogens is 3. The molecule has 0 saturated carbocycles. The molecule has 106 valence electrons. The van der Waals surface area contributed by atoms with Crippen LogP contribution >= 0.6 is 31.9 Å². The fourth-order valence-corrected chi connectivity index (χ4v) is 4.88. The number of hydrogen-bond donors (Lipinski definition) is 1. The summed E-state index contributed by atoms with van der Waals surface area (Å²) in [5.41, 5.74) is 6.42. The highest BCUT2D eigenvalue weighted by atomic mass is 79.9. The van der Waals surface area contributed by atoms with Crippen LogP contribution in [-0.2, 0) is 15.6 Å². The van der Waals surface area contributed by atoms with Crippen LogP contribution in [0.1, 0.15) is 5.56 Å². The van der Waals surface area contributed by atoms with E-state index in [0.717, 1.165) is 0 Å². The zero-order valence-electron chi connectivity index (χ0n) is 10.1. The van der Waals surface area contributed by atoms with E-state index in [1.807, 2.05) is 0 Å². The van der Waals surface area contributed by atoms with Crippen LogP contribution in [0.25, 0.3) is 0 Å². The number of nitrogen functional groups attached to an aromatic ring is 1. The molecule has 0 heterocycles. The van der Waals surface area contributed by atoms with Gasteiger partial charge in [-0.25, -0.2) is 12.8 Å². The normalized spacial score (nSPS) is 11.6. The van der Waals surface area contributed by atoms with Gasteiger partial charge in [0.15, 0.2) is 9.84 Å². The van der Waals surface area contributed by atoms with Crippen LogP contribution in [0.4, 0.5) is 10.1 Å². The van der Waals surface area contributed by atoms with Crippen molar-refractivity contribution in [1.29, 1.82) is 0 Å². The van der Waals surface area contributed by atoms with Crippen LogP contribution < -0.4 is 5.73 Å². The highest BCUT2D eigenvalue weighted by molar-refractivity contribution is 9.10. The largest absolute Gasteiger partial charge is 0.399 e. The third-order valence-corrected chi connectivity index (χ3v) is 6.19. The summed E-state index contributed by atoms with van der Waals surface area (Å²) in [5, 5.41) is 0. The Hall–Kier alpha value is -0.920. The van der Waals surface area contributed by atoms with Gasteiger partial charge in [-0.1, -0.05) is 12.1 Å². The maximum Gasteiger partial charge on any atom is 0.183 e. The van der Waals surface area contributed by atoms with E-state index in [1.165, 1.54) is 30.3 Å². The Morgan fingerprint density at radius 3 is 2.50 bits per heavy atom. The molecule has 0 atom stereocenters. The number of rotatable bonds is 3. The maximum absolute atomic E-state index is 13.4. The second-order valence-corrected chi connectivity index (χ2v) is 7.77. The lowest BCUT2D eigenvalue weighted by Gasteiger charge is -2.09. The van der Waals surface area contributed by atoms with Crippen LogP contribution in [0, 0.1) is 5.82 Å². The van der Waals surface area contributed by atoms with E-state index in [1.54, 1.807) is 6.07 Å². The van der Waals surface area contributed by atoms with Crippen molar-refractivity contribution in [3.63, 3.8) is 0 Å². The van der Waals surface area contributed by atoms with Gasteiger partial charge >= 0.3 is 0 Å². The average molecular weight is 423 g/mol. The molecule has 2 aromatic rings. The molecule has 0 aliphatic heterocycles. The van der Waals surface area contributed by atoms with E-state index in [-0.39, 0.29) is 15.1 Å². The Kier molecular flexibility index (Phi) is 4.51. The van der Waals surface area contributed by atoms with Crippen LogP contribution in [0.2, 0.25) is 0 Å². The van der Waals surface area contributed by atoms with Gasteiger partial charge in [0.1, 0.15) is 5.82 Å². The predicted molar refractivity (Wildman–Crippen MR) is 83.5 cm³/mol. The molecule has 2 N–H and O–H groups in total. The van der Waals surface area contributed by atoms with Crippen molar-refractivity contribution >= 4 is 47.4 Å². The fourth-order valence-electron chi connectivity index (χ4n) is 1.71. The minimum absolute atomic E-state index is 0.128. The van der Waals surface area contributed by atoms with Crippen molar-refractivity contribution in [1.82, 2.24) is 0 Å². The first kappa shape index (κ1) is 15.5. The van der Waals surface area contributed by atoms with Gasteiger partial charge in [-0.15, -0.1) is 0 Å². The number of sulfone groups is 1. The SMILES string of the molecule is Nc1ccc(S(=O)(=O)Cc2cccc(F)c2Br)c(Br)c1. The van der Waals surface area contributed by atoms with E-state index in [9.17, 15) is 12.8 Å². The molecule has 2 rings (SSSR count). The summed E-state index contributed by atoms with van der Waals surface area (Å²) in [4.78, 5) is 0.128. The molecule has 0 spiro atoms. The molecule has 0 aliphatic rings. The van der Waals surface area contributed by atoms with Gasteiger partial charge in [-0.05, 0) is 61.7 Å². The first-order valence-electron chi connectivity index (χ1n) is 5.52. The van der Waals surface area contributed by atoms with Crippen LogP contribution in [0.15, 0.2) is 50.2 Å². The molecule has 7 heteroatoms. The first-order chi connectivity index (χ1) is 9.31. The van der Waals surface area contributed by atoms with Gasteiger partial charge in [0.2, 0.25) is 0 Å². The molecule has 2 aromatic carbocycles. The van der Waals surface area contributed by atoms with Gasteiger partial charge in [0.05, 0.1) is 15.1 Å². The topological polar surface area (TPSA) is 60.2 Å². The molecular formula is C13H10Br2FNO2S. The van der Waals surface area contributed by atoms with E-state index >= 15 is 0 Å². The summed E-state index contributed by atoms with van der Waals surface area (Å²) >= 11 is 6.25. The summed E-state index contributed by atoms with van der Waals surface area (Å²) in [7, 11) is -3.60. The minimum Gasteiger partial charge on any atom is -0.399 e. The Labute approximate surface area is 133 Å². The van der Waals surface area contributed by atoms with Crippen molar-refractivity contribution < 1.29 is 12.8 Å². The molecule has 0 fully saturated rings. The quantitative estimate of drug-likeness (QED) is 0.763. The Balaban J connectivity index is 2.44. The lowest BCUT2D eigenvalue weighted by molar-refractivity contribution is 0.593. The van der Waals surface area contributed by atoms with E-state index in [4.69, 9.17) is 5.73 Å². The lowest BCUT2D eigenvalue weighted by Crippen LogP contribution is -2.07. The van der Waals surface area contributed by atoms with Gasteiger partial charge in [0, 0.05) is 10.2 Å². The van der Waals surface area contributed by atoms with E-state index < -0.39 is 15.7 Å². The van der Waals surface area contributed by atoms with Gasteiger partial charge < -0.3 is 5.73 Å². The van der Waals surface area contributed by atoms with Crippen LogP contribution in [0.3, 0.4) is 0 Å².